The molecule has 2 aliphatic rings. The van der Waals surface area contributed by atoms with Gasteiger partial charge in [0.25, 0.3) is 0 Å². The highest BCUT2D eigenvalue weighted by Crippen LogP contribution is 2.45. The minimum atomic E-state index is -0.745. The number of fused-ring (bicyclic) bond motifs is 1. The molecule has 0 spiro atoms. The number of allylic oxidation sites excluding steroid dienone is 1. The zero-order valence-corrected chi connectivity index (χ0v) is 18.6. The second-order valence-corrected chi connectivity index (χ2v) is 8.57. The average molecular weight is 448 g/mol. The summed E-state index contributed by atoms with van der Waals surface area (Å²) in [7, 11) is 1.58. The number of rotatable bonds is 8. The van der Waals surface area contributed by atoms with Crippen LogP contribution in [0, 0.1) is 23.7 Å². The number of carbonyl (C=O) groups is 3. The van der Waals surface area contributed by atoms with Crippen LogP contribution in [0.4, 0.5) is 5.69 Å². The zero-order chi connectivity index (χ0) is 22.5. The molecule has 3 rings (SSSR count). The van der Waals surface area contributed by atoms with Gasteiger partial charge in [-0.25, -0.2) is 0 Å². The van der Waals surface area contributed by atoms with Gasteiger partial charge in [-0.1, -0.05) is 37.1 Å². The molecular formula is C23H30ClN3O4. The molecule has 1 saturated heterocycles. The smallest absolute Gasteiger partial charge is 0.247 e. The van der Waals surface area contributed by atoms with Gasteiger partial charge in [-0.2, -0.15) is 0 Å². The summed E-state index contributed by atoms with van der Waals surface area (Å²) in [5.74, 6) is -2.25. The van der Waals surface area contributed by atoms with Crippen molar-refractivity contribution in [2.24, 2.45) is 23.7 Å². The summed E-state index contributed by atoms with van der Waals surface area (Å²) < 4.78 is 0. The number of hydrogen-bond donors (Lipinski definition) is 3. The number of aliphatic hydroxyl groups excluding tert-OH is 1. The van der Waals surface area contributed by atoms with E-state index in [1.165, 1.54) is 4.90 Å². The molecule has 0 aromatic heterocycles. The van der Waals surface area contributed by atoms with Crippen molar-refractivity contribution in [3.8, 4) is 0 Å². The van der Waals surface area contributed by atoms with Gasteiger partial charge < -0.3 is 20.6 Å². The van der Waals surface area contributed by atoms with E-state index in [4.69, 9.17) is 11.6 Å². The van der Waals surface area contributed by atoms with Gasteiger partial charge in [-0.05, 0) is 43.0 Å². The SMILES string of the molecule is CCC[C@@H]1C=C[C@H]2[C@@H](C(=O)N(CCCO)[C@@H]2C(=O)Nc2ccc(Cl)cc2)[C@@H]1C(=O)NC. The lowest BCUT2D eigenvalue weighted by atomic mass is 9.68. The number of amides is 3. The molecule has 168 valence electrons. The summed E-state index contributed by atoms with van der Waals surface area (Å²) in [5.41, 5.74) is 0.582. The monoisotopic (exact) mass is 447 g/mol. The topological polar surface area (TPSA) is 98.7 Å². The first-order valence-electron chi connectivity index (χ1n) is 10.8. The van der Waals surface area contributed by atoms with Crippen LogP contribution in [-0.2, 0) is 14.4 Å². The van der Waals surface area contributed by atoms with Crippen LogP contribution in [0.3, 0.4) is 0 Å². The van der Waals surface area contributed by atoms with Crippen molar-refractivity contribution in [3.05, 3.63) is 41.4 Å². The first-order chi connectivity index (χ1) is 14.9. The number of hydrogen-bond acceptors (Lipinski definition) is 4. The number of benzene rings is 1. The van der Waals surface area contributed by atoms with Gasteiger partial charge >= 0.3 is 0 Å². The Hall–Kier alpha value is -2.38. The van der Waals surface area contributed by atoms with Crippen LogP contribution >= 0.6 is 11.6 Å². The quantitative estimate of drug-likeness (QED) is 0.533. The van der Waals surface area contributed by atoms with E-state index in [1.807, 2.05) is 19.1 Å². The predicted molar refractivity (Wildman–Crippen MR) is 119 cm³/mol. The van der Waals surface area contributed by atoms with Gasteiger partial charge in [-0.15, -0.1) is 0 Å². The fourth-order valence-electron chi connectivity index (χ4n) is 4.86. The third kappa shape index (κ3) is 4.77. The van der Waals surface area contributed by atoms with E-state index in [0.717, 1.165) is 12.8 Å². The first kappa shape index (κ1) is 23.3. The maximum absolute atomic E-state index is 13.5. The van der Waals surface area contributed by atoms with Crippen LogP contribution in [0.15, 0.2) is 36.4 Å². The fourth-order valence-corrected chi connectivity index (χ4v) is 4.99. The van der Waals surface area contributed by atoms with E-state index in [2.05, 4.69) is 10.6 Å². The van der Waals surface area contributed by atoms with E-state index in [0.29, 0.717) is 17.1 Å². The van der Waals surface area contributed by atoms with Gasteiger partial charge in [0, 0.05) is 36.8 Å². The summed E-state index contributed by atoms with van der Waals surface area (Å²) in [4.78, 5) is 41.1. The molecule has 0 saturated carbocycles. The Kier molecular flexibility index (Phi) is 7.73. The van der Waals surface area contributed by atoms with E-state index in [-0.39, 0.29) is 36.8 Å². The molecule has 5 atom stereocenters. The second kappa shape index (κ2) is 10.3. The van der Waals surface area contributed by atoms with Crippen LogP contribution < -0.4 is 10.6 Å². The molecule has 1 fully saturated rings. The number of nitrogens with zero attached hydrogens (tertiary/aromatic N) is 1. The molecule has 1 aliphatic carbocycles. The van der Waals surface area contributed by atoms with Crippen LogP contribution in [-0.4, -0.2) is 54.0 Å². The molecule has 8 heteroatoms. The van der Waals surface area contributed by atoms with Gasteiger partial charge in [0.15, 0.2) is 0 Å². The van der Waals surface area contributed by atoms with Crippen molar-refractivity contribution < 1.29 is 19.5 Å². The molecular weight excluding hydrogens is 418 g/mol. The number of carbonyl (C=O) groups excluding carboxylic acids is 3. The average Bonchev–Trinajstić information content (AvgIpc) is 3.05. The number of likely N-dealkylation sites (tertiary alicyclic amines) is 1. The summed E-state index contributed by atoms with van der Waals surface area (Å²) in [6.07, 6.45) is 5.98. The van der Waals surface area contributed by atoms with Crippen molar-refractivity contribution in [2.75, 3.05) is 25.5 Å². The lowest BCUT2D eigenvalue weighted by Crippen LogP contribution is -2.45. The van der Waals surface area contributed by atoms with E-state index >= 15 is 0 Å². The lowest BCUT2D eigenvalue weighted by molar-refractivity contribution is -0.140. The molecule has 0 bridgehead atoms. The molecule has 7 nitrogen and oxygen atoms in total. The van der Waals surface area contributed by atoms with Gasteiger partial charge in [0.1, 0.15) is 6.04 Å². The van der Waals surface area contributed by atoms with E-state index < -0.39 is 23.8 Å². The summed E-state index contributed by atoms with van der Waals surface area (Å²) >= 11 is 5.93. The minimum Gasteiger partial charge on any atom is -0.396 e. The van der Waals surface area contributed by atoms with Crippen molar-refractivity contribution in [2.45, 2.75) is 32.2 Å². The Morgan fingerprint density at radius 3 is 2.48 bits per heavy atom. The molecule has 3 amide bonds. The molecule has 0 unspecified atom stereocenters. The third-order valence-electron chi connectivity index (χ3n) is 6.22. The summed E-state index contributed by atoms with van der Waals surface area (Å²) in [5, 5.41) is 15.5. The van der Waals surface area contributed by atoms with Crippen molar-refractivity contribution in [1.82, 2.24) is 10.2 Å². The molecule has 3 N–H and O–H groups in total. The number of halogens is 1. The highest BCUT2D eigenvalue weighted by atomic mass is 35.5. The van der Waals surface area contributed by atoms with Gasteiger partial charge in [0.05, 0.1) is 11.8 Å². The molecule has 1 aromatic carbocycles. The molecule has 1 heterocycles. The first-order valence-corrected chi connectivity index (χ1v) is 11.2. The van der Waals surface area contributed by atoms with E-state index in [9.17, 15) is 19.5 Å². The summed E-state index contributed by atoms with van der Waals surface area (Å²) in [6, 6.07) is 6.02. The van der Waals surface area contributed by atoms with Crippen LogP contribution in [0.25, 0.3) is 0 Å². The highest BCUT2D eigenvalue weighted by Gasteiger charge is 2.56. The van der Waals surface area contributed by atoms with Crippen LogP contribution in [0.5, 0.6) is 0 Å². The Labute approximate surface area is 187 Å². The number of nitrogens with one attached hydrogen (secondary N) is 2. The third-order valence-corrected chi connectivity index (χ3v) is 6.47. The number of aliphatic hydroxyl groups is 1. The van der Waals surface area contributed by atoms with Crippen molar-refractivity contribution in [1.29, 1.82) is 0 Å². The Bertz CT molecular complexity index is 842. The Morgan fingerprint density at radius 1 is 1.16 bits per heavy atom. The van der Waals surface area contributed by atoms with Crippen molar-refractivity contribution in [3.63, 3.8) is 0 Å². The van der Waals surface area contributed by atoms with Crippen molar-refractivity contribution >= 4 is 35.0 Å². The number of anilines is 1. The largest absolute Gasteiger partial charge is 0.396 e. The predicted octanol–water partition coefficient (Wildman–Crippen LogP) is 2.45. The fraction of sp³-hybridized carbons (Fsp3) is 0.522. The van der Waals surface area contributed by atoms with Crippen LogP contribution in [0.1, 0.15) is 26.2 Å². The van der Waals surface area contributed by atoms with E-state index in [1.54, 1.807) is 31.3 Å². The maximum atomic E-state index is 13.5. The Balaban J connectivity index is 1.95. The Morgan fingerprint density at radius 2 is 1.87 bits per heavy atom. The maximum Gasteiger partial charge on any atom is 0.247 e. The van der Waals surface area contributed by atoms with Gasteiger partial charge in [-0.3, -0.25) is 14.4 Å². The zero-order valence-electron chi connectivity index (χ0n) is 17.9. The summed E-state index contributed by atoms with van der Waals surface area (Å²) in [6.45, 7) is 2.22. The molecule has 0 radical (unpaired) electrons. The normalized spacial score (nSPS) is 27.2. The lowest BCUT2D eigenvalue weighted by Gasteiger charge is -2.34. The second-order valence-electron chi connectivity index (χ2n) is 8.13. The molecule has 1 aromatic rings. The minimum absolute atomic E-state index is 0.0482. The van der Waals surface area contributed by atoms with Gasteiger partial charge in [0.2, 0.25) is 17.7 Å². The molecule has 1 aliphatic heterocycles. The van der Waals surface area contributed by atoms with Crippen LogP contribution in [0.2, 0.25) is 5.02 Å². The molecule has 31 heavy (non-hydrogen) atoms. The standard InChI is InChI=1S/C23H30ClN3O4/c1-3-5-14-6-11-17-19(18(14)21(29)25-2)23(31)27(12-4-13-28)20(17)22(30)26-16-9-7-15(24)8-10-16/h6-11,14,17-20,28H,3-5,12-13H2,1-2H3,(H,25,29)(H,26,30)/t14-,17+,18-,19-,20+/m1/s1. The highest BCUT2D eigenvalue weighted by molar-refractivity contribution is 6.30.